The normalized spacial score (nSPS) is 11.4. The van der Waals surface area contributed by atoms with Crippen LogP contribution in [-0.2, 0) is 10.0 Å². The van der Waals surface area contributed by atoms with Crippen LogP contribution in [0.1, 0.15) is 5.56 Å². The van der Waals surface area contributed by atoms with Gasteiger partial charge < -0.3 is 5.73 Å². The van der Waals surface area contributed by atoms with Gasteiger partial charge in [0, 0.05) is 16.7 Å². The molecule has 16 heavy (non-hydrogen) atoms. The van der Waals surface area contributed by atoms with E-state index in [1.807, 2.05) is 0 Å². The Hall–Kier alpha value is -0.850. The van der Waals surface area contributed by atoms with Gasteiger partial charge in [0.1, 0.15) is 0 Å². The summed E-state index contributed by atoms with van der Waals surface area (Å²) in [6, 6.07) is 3.19. The smallest absolute Gasteiger partial charge is 0.241 e. The van der Waals surface area contributed by atoms with Gasteiger partial charge in [0.15, 0.2) is 0 Å². The van der Waals surface area contributed by atoms with Gasteiger partial charge in [0.25, 0.3) is 0 Å². The summed E-state index contributed by atoms with van der Waals surface area (Å²) < 4.78 is 26.8. The lowest BCUT2D eigenvalue weighted by Gasteiger charge is -2.10. The van der Waals surface area contributed by atoms with Gasteiger partial charge in [0.05, 0.1) is 4.90 Å². The van der Waals surface area contributed by atoms with Crippen LogP contribution >= 0.6 is 15.9 Å². The van der Waals surface area contributed by atoms with Crippen LogP contribution in [0.25, 0.3) is 0 Å². The maximum Gasteiger partial charge on any atom is 0.241 e. The number of nitrogens with two attached hydrogens (primary N) is 1. The number of rotatable bonds is 4. The topological polar surface area (TPSA) is 72.2 Å². The maximum atomic E-state index is 11.9. The highest BCUT2D eigenvalue weighted by atomic mass is 79.9. The van der Waals surface area contributed by atoms with Gasteiger partial charge >= 0.3 is 0 Å². The fourth-order valence-corrected chi connectivity index (χ4v) is 3.12. The second kappa shape index (κ2) is 4.99. The van der Waals surface area contributed by atoms with Gasteiger partial charge in [-0.25, -0.2) is 13.1 Å². The molecule has 0 aliphatic rings. The van der Waals surface area contributed by atoms with Crippen molar-refractivity contribution in [3.05, 3.63) is 34.8 Å². The molecular formula is C10H13BrN2O2S. The molecule has 0 fully saturated rings. The molecule has 0 saturated carbocycles. The number of nitrogens with one attached hydrogen (secondary N) is 1. The van der Waals surface area contributed by atoms with Gasteiger partial charge in [-0.05, 0) is 24.6 Å². The van der Waals surface area contributed by atoms with Crippen molar-refractivity contribution >= 4 is 31.6 Å². The molecule has 1 rings (SSSR count). The molecule has 0 aliphatic carbocycles. The lowest BCUT2D eigenvalue weighted by atomic mass is 10.2. The Morgan fingerprint density at radius 3 is 2.75 bits per heavy atom. The molecule has 1 aromatic carbocycles. The van der Waals surface area contributed by atoms with Crippen molar-refractivity contribution in [1.29, 1.82) is 0 Å². The fraction of sp³-hybridized carbons (Fsp3) is 0.200. The fourth-order valence-electron chi connectivity index (χ4n) is 1.20. The van der Waals surface area contributed by atoms with E-state index in [2.05, 4.69) is 27.2 Å². The van der Waals surface area contributed by atoms with Crippen molar-refractivity contribution in [2.45, 2.75) is 11.8 Å². The van der Waals surface area contributed by atoms with Gasteiger partial charge in [-0.1, -0.05) is 22.0 Å². The standard InChI is InChI=1S/C10H13BrN2O2S/c1-3-4-13-16(14,15)10-6-8(11)5-9(12)7(10)2/h3,5-6,13H,1,4,12H2,2H3. The van der Waals surface area contributed by atoms with E-state index in [-0.39, 0.29) is 11.4 Å². The van der Waals surface area contributed by atoms with Crippen LogP contribution in [0.3, 0.4) is 0 Å². The molecule has 6 heteroatoms. The predicted octanol–water partition coefficient (Wildman–Crippen LogP) is 1.80. The Morgan fingerprint density at radius 1 is 1.56 bits per heavy atom. The van der Waals surface area contributed by atoms with E-state index >= 15 is 0 Å². The molecule has 0 bridgehead atoms. The second-order valence-corrected chi connectivity index (χ2v) is 5.91. The molecule has 0 heterocycles. The minimum Gasteiger partial charge on any atom is -0.398 e. The first-order valence-electron chi connectivity index (χ1n) is 4.54. The third kappa shape index (κ3) is 2.84. The van der Waals surface area contributed by atoms with E-state index < -0.39 is 10.0 Å². The molecule has 3 N–H and O–H groups in total. The summed E-state index contributed by atoms with van der Waals surface area (Å²) in [4.78, 5) is 0.182. The third-order valence-electron chi connectivity index (χ3n) is 2.07. The van der Waals surface area contributed by atoms with E-state index in [1.54, 1.807) is 13.0 Å². The molecule has 0 spiro atoms. The van der Waals surface area contributed by atoms with Crippen LogP contribution in [0, 0.1) is 6.92 Å². The van der Waals surface area contributed by atoms with Crippen LogP contribution in [0.4, 0.5) is 5.69 Å². The molecule has 88 valence electrons. The summed E-state index contributed by atoms with van der Waals surface area (Å²) in [6.45, 7) is 5.31. The lowest BCUT2D eigenvalue weighted by Crippen LogP contribution is -2.24. The minimum absolute atomic E-state index is 0.182. The Morgan fingerprint density at radius 2 is 2.19 bits per heavy atom. The molecule has 0 aromatic heterocycles. The summed E-state index contributed by atoms with van der Waals surface area (Å²) in [7, 11) is -3.53. The highest BCUT2D eigenvalue weighted by Crippen LogP contribution is 2.25. The quantitative estimate of drug-likeness (QED) is 0.658. The van der Waals surface area contributed by atoms with E-state index in [4.69, 9.17) is 5.73 Å². The monoisotopic (exact) mass is 304 g/mol. The van der Waals surface area contributed by atoms with Crippen LogP contribution in [0.2, 0.25) is 0 Å². The second-order valence-electron chi connectivity index (χ2n) is 3.26. The largest absolute Gasteiger partial charge is 0.398 e. The summed E-state index contributed by atoms with van der Waals surface area (Å²) in [5.41, 5.74) is 6.68. The summed E-state index contributed by atoms with van der Waals surface area (Å²) in [5.74, 6) is 0. The van der Waals surface area contributed by atoms with Crippen molar-refractivity contribution in [3.63, 3.8) is 0 Å². The number of hydrogen-bond acceptors (Lipinski definition) is 3. The zero-order valence-electron chi connectivity index (χ0n) is 8.83. The average Bonchev–Trinajstić information content (AvgIpc) is 2.20. The number of nitrogen functional groups attached to an aromatic ring is 1. The first-order chi connectivity index (χ1) is 7.38. The van der Waals surface area contributed by atoms with Crippen molar-refractivity contribution in [1.82, 2.24) is 4.72 Å². The van der Waals surface area contributed by atoms with E-state index in [0.29, 0.717) is 15.7 Å². The molecule has 0 unspecified atom stereocenters. The van der Waals surface area contributed by atoms with Crippen LogP contribution < -0.4 is 10.5 Å². The van der Waals surface area contributed by atoms with E-state index in [0.717, 1.165) is 0 Å². The zero-order valence-corrected chi connectivity index (χ0v) is 11.2. The number of benzene rings is 1. The van der Waals surface area contributed by atoms with Crippen molar-refractivity contribution in [3.8, 4) is 0 Å². The first kappa shape index (κ1) is 13.2. The van der Waals surface area contributed by atoms with Crippen LogP contribution in [0.15, 0.2) is 34.2 Å². The van der Waals surface area contributed by atoms with Crippen LogP contribution in [0.5, 0.6) is 0 Å². The molecule has 4 nitrogen and oxygen atoms in total. The number of anilines is 1. The number of hydrogen-bond donors (Lipinski definition) is 2. The average molecular weight is 305 g/mol. The lowest BCUT2D eigenvalue weighted by molar-refractivity contribution is 0.585. The summed E-state index contributed by atoms with van der Waals surface area (Å²) in [5, 5.41) is 0. The molecular weight excluding hydrogens is 292 g/mol. The van der Waals surface area contributed by atoms with Gasteiger partial charge in [-0.3, -0.25) is 0 Å². The predicted molar refractivity (Wildman–Crippen MR) is 68.7 cm³/mol. The van der Waals surface area contributed by atoms with Crippen molar-refractivity contribution in [2.75, 3.05) is 12.3 Å². The molecule has 0 saturated heterocycles. The van der Waals surface area contributed by atoms with Gasteiger partial charge in [-0.2, -0.15) is 0 Å². The number of sulfonamides is 1. The molecule has 1 aromatic rings. The SMILES string of the molecule is C=CCNS(=O)(=O)c1cc(Br)cc(N)c1C. The Balaban J connectivity index is 3.27. The van der Waals surface area contributed by atoms with Gasteiger partial charge in [0.2, 0.25) is 10.0 Å². The Labute approximate surface area is 104 Å². The van der Waals surface area contributed by atoms with Crippen molar-refractivity contribution in [2.24, 2.45) is 0 Å². The molecule has 0 aliphatic heterocycles. The molecule has 0 amide bonds. The van der Waals surface area contributed by atoms with Gasteiger partial charge in [-0.15, -0.1) is 6.58 Å². The Kier molecular flexibility index (Phi) is 4.12. The third-order valence-corrected chi connectivity index (χ3v) is 4.08. The summed E-state index contributed by atoms with van der Waals surface area (Å²) in [6.07, 6.45) is 1.48. The van der Waals surface area contributed by atoms with Crippen molar-refractivity contribution < 1.29 is 8.42 Å². The first-order valence-corrected chi connectivity index (χ1v) is 6.82. The maximum absolute atomic E-state index is 11.9. The van der Waals surface area contributed by atoms with Crippen LogP contribution in [-0.4, -0.2) is 15.0 Å². The summed E-state index contributed by atoms with van der Waals surface area (Å²) >= 11 is 3.22. The Bertz CT molecular complexity index is 512. The number of halogens is 1. The zero-order chi connectivity index (χ0) is 12.3. The highest BCUT2D eigenvalue weighted by molar-refractivity contribution is 9.10. The highest BCUT2D eigenvalue weighted by Gasteiger charge is 2.17. The molecule has 0 atom stereocenters. The molecule has 0 radical (unpaired) electrons. The van der Waals surface area contributed by atoms with E-state index in [1.165, 1.54) is 12.1 Å². The minimum atomic E-state index is -3.53. The van der Waals surface area contributed by atoms with E-state index in [9.17, 15) is 8.42 Å².